The van der Waals surface area contributed by atoms with Crippen LogP contribution in [0, 0.1) is 5.92 Å². The predicted molar refractivity (Wildman–Crippen MR) is 104 cm³/mol. The number of H-pyrrole nitrogens is 1. The highest BCUT2D eigenvalue weighted by Gasteiger charge is 2.34. The monoisotopic (exact) mass is 363 g/mol. The largest absolute Gasteiger partial charge is 0.364 e. The van der Waals surface area contributed by atoms with Crippen molar-refractivity contribution in [2.24, 2.45) is 5.92 Å². The van der Waals surface area contributed by atoms with Crippen LogP contribution in [0.15, 0.2) is 48.5 Å². The third-order valence-electron chi connectivity index (χ3n) is 4.65. The molecule has 0 spiro atoms. The van der Waals surface area contributed by atoms with Gasteiger partial charge in [-0.1, -0.05) is 38.1 Å². The van der Waals surface area contributed by atoms with E-state index in [0.29, 0.717) is 11.5 Å². The molecule has 4 rings (SSSR count). The number of para-hydroxylation sites is 3. The molecule has 1 unspecified atom stereocenters. The molecule has 3 N–H and O–H groups in total. The number of aromatic amines is 1. The smallest absolute Gasteiger partial charge is 0.258 e. The van der Waals surface area contributed by atoms with E-state index in [1.807, 2.05) is 56.3 Å². The van der Waals surface area contributed by atoms with Crippen molar-refractivity contribution in [3.05, 3.63) is 54.1 Å². The third-order valence-corrected chi connectivity index (χ3v) is 4.65. The Morgan fingerprint density at radius 1 is 1.19 bits per heavy atom. The van der Waals surface area contributed by atoms with E-state index in [1.165, 1.54) is 0 Å². The summed E-state index contributed by atoms with van der Waals surface area (Å²) < 4.78 is 0. The van der Waals surface area contributed by atoms with Crippen molar-refractivity contribution in [1.29, 1.82) is 0 Å². The van der Waals surface area contributed by atoms with Gasteiger partial charge in [-0.3, -0.25) is 14.9 Å². The lowest BCUT2D eigenvalue weighted by Gasteiger charge is -2.39. The normalized spacial score (nSPS) is 16.3. The van der Waals surface area contributed by atoms with Crippen molar-refractivity contribution in [2.45, 2.75) is 20.0 Å². The van der Waals surface area contributed by atoms with Crippen LogP contribution in [-0.2, 0) is 4.79 Å². The summed E-state index contributed by atoms with van der Waals surface area (Å²) >= 11 is 0. The number of hydrogen-bond acceptors (Lipinski definition) is 4. The second kappa shape index (κ2) is 6.75. The Bertz CT molecular complexity index is 977. The maximum atomic E-state index is 12.9. The third kappa shape index (κ3) is 3.23. The fourth-order valence-corrected chi connectivity index (χ4v) is 3.35. The lowest BCUT2D eigenvalue weighted by atomic mass is 10.0. The number of nitrogens with one attached hydrogen (secondary N) is 3. The van der Waals surface area contributed by atoms with Crippen LogP contribution >= 0.6 is 0 Å². The van der Waals surface area contributed by atoms with E-state index in [2.05, 4.69) is 20.6 Å². The number of hydrogen-bond donors (Lipinski definition) is 3. The molecular formula is C20H21N5O2. The highest BCUT2D eigenvalue weighted by molar-refractivity contribution is 6.04. The Kier molecular flexibility index (Phi) is 4.27. The van der Waals surface area contributed by atoms with E-state index < -0.39 is 0 Å². The molecule has 7 heteroatoms. The van der Waals surface area contributed by atoms with Crippen LogP contribution in [0.3, 0.4) is 0 Å². The molecule has 1 aliphatic heterocycles. The Morgan fingerprint density at radius 2 is 1.93 bits per heavy atom. The fraction of sp³-hybridized carbons (Fsp3) is 0.250. The van der Waals surface area contributed by atoms with Crippen LogP contribution in [0.2, 0.25) is 0 Å². The minimum absolute atomic E-state index is 0.0555. The molecular weight excluding hydrogens is 342 g/mol. The first-order chi connectivity index (χ1) is 13.0. The van der Waals surface area contributed by atoms with Crippen LogP contribution in [0.4, 0.5) is 11.6 Å². The lowest BCUT2D eigenvalue weighted by molar-refractivity contribution is -0.117. The van der Waals surface area contributed by atoms with Gasteiger partial charge in [-0.2, -0.15) is 0 Å². The van der Waals surface area contributed by atoms with Gasteiger partial charge in [-0.25, -0.2) is 4.98 Å². The number of anilines is 2. The maximum absolute atomic E-state index is 12.9. The molecule has 2 aromatic carbocycles. The summed E-state index contributed by atoms with van der Waals surface area (Å²) in [6.07, 6.45) is -0.256. The Hall–Kier alpha value is -3.35. The molecule has 1 aromatic heterocycles. The SMILES string of the molecule is CC(C)C1Nc2ccccc2C(=O)N1CC(=O)Nc1nc2ccccc2[nH]1. The first-order valence-electron chi connectivity index (χ1n) is 8.94. The number of fused-ring (bicyclic) bond motifs is 2. The molecule has 1 atom stereocenters. The molecule has 3 aromatic rings. The van der Waals surface area contributed by atoms with Crippen molar-refractivity contribution in [3.8, 4) is 0 Å². The second-order valence-corrected chi connectivity index (χ2v) is 6.96. The lowest BCUT2D eigenvalue weighted by Crippen LogP contribution is -2.53. The number of imidazole rings is 1. The van der Waals surface area contributed by atoms with Gasteiger partial charge in [0, 0.05) is 5.69 Å². The number of benzene rings is 2. The molecule has 0 aliphatic carbocycles. The Morgan fingerprint density at radius 3 is 2.70 bits per heavy atom. The summed E-state index contributed by atoms with van der Waals surface area (Å²) in [5, 5.41) is 6.12. The summed E-state index contributed by atoms with van der Waals surface area (Å²) in [5.74, 6) is 0.0680. The predicted octanol–water partition coefficient (Wildman–Crippen LogP) is 3.05. The Balaban J connectivity index is 1.54. The van der Waals surface area contributed by atoms with Gasteiger partial charge in [0.15, 0.2) is 0 Å². The molecule has 0 bridgehead atoms. The van der Waals surface area contributed by atoms with Gasteiger partial charge >= 0.3 is 0 Å². The number of nitrogens with zero attached hydrogens (tertiary/aromatic N) is 2. The zero-order valence-corrected chi connectivity index (χ0v) is 15.2. The molecule has 1 aliphatic rings. The van der Waals surface area contributed by atoms with Gasteiger partial charge in [-0.05, 0) is 30.2 Å². The highest BCUT2D eigenvalue weighted by Crippen LogP contribution is 2.28. The summed E-state index contributed by atoms with van der Waals surface area (Å²) in [6.45, 7) is 3.98. The number of carbonyl (C=O) groups excluding carboxylic acids is 2. The van der Waals surface area contributed by atoms with Crippen molar-refractivity contribution >= 4 is 34.5 Å². The zero-order chi connectivity index (χ0) is 19.0. The van der Waals surface area contributed by atoms with E-state index in [0.717, 1.165) is 16.7 Å². The Labute approximate surface area is 156 Å². The van der Waals surface area contributed by atoms with Crippen LogP contribution < -0.4 is 10.6 Å². The van der Waals surface area contributed by atoms with Gasteiger partial charge in [0.2, 0.25) is 11.9 Å². The average molecular weight is 363 g/mol. The standard InChI is InChI=1S/C20H21N5O2/c1-12(2)18-21-14-8-4-3-7-13(14)19(27)25(18)11-17(26)24-20-22-15-9-5-6-10-16(15)23-20/h3-10,12,18,21H,11H2,1-2H3,(H2,22,23,24,26). The zero-order valence-electron chi connectivity index (χ0n) is 15.2. The summed E-state index contributed by atoms with van der Waals surface area (Å²) in [7, 11) is 0. The summed E-state index contributed by atoms with van der Waals surface area (Å²) in [6, 6.07) is 14.9. The van der Waals surface area contributed by atoms with Crippen LogP contribution in [0.1, 0.15) is 24.2 Å². The number of rotatable bonds is 4. The molecule has 0 radical (unpaired) electrons. The van der Waals surface area contributed by atoms with Gasteiger partial charge in [0.1, 0.15) is 12.7 Å². The quantitative estimate of drug-likeness (QED) is 0.664. The van der Waals surface area contributed by atoms with Crippen molar-refractivity contribution in [2.75, 3.05) is 17.2 Å². The van der Waals surface area contributed by atoms with Gasteiger partial charge in [0.25, 0.3) is 5.91 Å². The highest BCUT2D eigenvalue weighted by atomic mass is 16.2. The first-order valence-corrected chi connectivity index (χ1v) is 8.94. The van der Waals surface area contributed by atoms with E-state index in [4.69, 9.17) is 0 Å². The van der Waals surface area contributed by atoms with E-state index in [-0.39, 0.29) is 30.4 Å². The topological polar surface area (TPSA) is 90.1 Å². The van der Waals surface area contributed by atoms with Crippen molar-refractivity contribution in [3.63, 3.8) is 0 Å². The van der Waals surface area contributed by atoms with E-state index in [1.54, 1.807) is 11.0 Å². The fourth-order valence-electron chi connectivity index (χ4n) is 3.35. The summed E-state index contributed by atoms with van der Waals surface area (Å²) in [5.41, 5.74) is 3.00. The maximum Gasteiger partial charge on any atom is 0.258 e. The minimum Gasteiger partial charge on any atom is -0.364 e. The van der Waals surface area contributed by atoms with E-state index in [9.17, 15) is 9.59 Å². The van der Waals surface area contributed by atoms with Crippen LogP contribution in [0.25, 0.3) is 11.0 Å². The molecule has 0 saturated heterocycles. The molecule has 138 valence electrons. The molecule has 0 fully saturated rings. The van der Waals surface area contributed by atoms with Crippen molar-refractivity contribution < 1.29 is 9.59 Å². The van der Waals surface area contributed by atoms with Crippen LogP contribution in [0.5, 0.6) is 0 Å². The second-order valence-electron chi connectivity index (χ2n) is 6.96. The number of aromatic nitrogens is 2. The molecule has 0 saturated carbocycles. The molecule has 2 amide bonds. The van der Waals surface area contributed by atoms with Gasteiger partial charge in [-0.15, -0.1) is 0 Å². The van der Waals surface area contributed by atoms with Gasteiger partial charge < -0.3 is 15.2 Å². The van der Waals surface area contributed by atoms with Crippen molar-refractivity contribution in [1.82, 2.24) is 14.9 Å². The molecule has 7 nitrogen and oxygen atoms in total. The number of carbonyl (C=O) groups is 2. The van der Waals surface area contributed by atoms with E-state index >= 15 is 0 Å². The molecule has 2 heterocycles. The molecule has 27 heavy (non-hydrogen) atoms. The summed E-state index contributed by atoms with van der Waals surface area (Å²) in [4.78, 5) is 34.5. The average Bonchev–Trinajstić information content (AvgIpc) is 3.05. The minimum atomic E-state index is -0.297. The number of amides is 2. The van der Waals surface area contributed by atoms with Crippen LogP contribution in [-0.4, -0.2) is 39.4 Å². The first kappa shape index (κ1) is 17.1. The van der Waals surface area contributed by atoms with Gasteiger partial charge in [0.05, 0.1) is 16.6 Å².